The number of nitrogens with one attached hydrogen (secondary N) is 1. The summed E-state index contributed by atoms with van der Waals surface area (Å²) in [6.07, 6.45) is -1.70. The summed E-state index contributed by atoms with van der Waals surface area (Å²) < 4.78 is 9.34. The number of amides is 2. The van der Waals surface area contributed by atoms with E-state index in [1.807, 2.05) is 0 Å². The maximum Gasteiger partial charge on any atom is 0.408 e. The van der Waals surface area contributed by atoms with E-state index in [-0.39, 0.29) is 25.5 Å². The van der Waals surface area contributed by atoms with Crippen molar-refractivity contribution in [2.24, 2.45) is 10.2 Å². The van der Waals surface area contributed by atoms with E-state index in [1.165, 1.54) is 16.7 Å². The van der Waals surface area contributed by atoms with Gasteiger partial charge in [-0.25, -0.2) is 4.79 Å². The highest BCUT2D eigenvalue weighted by Gasteiger charge is 2.61. The number of nitrogens with zero attached hydrogens (tertiary/aromatic N) is 7. The van der Waals surface area contributed by atoms with Crippen LogP contribution in [-0.2, 0) is 19.1 Å². The summed E-state index contributed by atoms with van der Waals surface area (Å²) in [6, 6.07) is -1.69. The lowest BCUT2D eigenvalue weighted by Gasteiger charge is -2.41. The van der Waals surface area contributed by atoms with Crippen molar-refractivity contribution in [2.75, 3.05) is 13.1 Å². The van der Waals surface area contributed by atoms with Gasteiger partial charge in [-0.2, -0.15) is 0 Å². The van der Waals surface area contributed by atoms with Crippen LogP contribution in [0.15, 0.2) is 10.2 Å². The van der Waals surface area contributed by atoms with Crippen molar-refractivity contribution in [3.63, 3.8) is 0 Å². The number of hydrogen-bond acceptors (Lipinski definition) is 8. The van der Waals surface area contributed by atoms with Gasteiger partial charge in [-0.3, -0.25) is 9.59 Å². The summed E-state index contributed by atoms with van der Waals surface area (Å²) in [5.74, 6) is -0.292. The average Bonchev–Trinajstić information content (AvgIpc) is 2.95. The minimum Gasteiger partial charge on any atom is -0.464 e. The van der Waals surface area contributed by atoms with Crippen LogP contribution >= 0.6 is 11.8 Å². The van der Waals surface area contributed by atoms with Crippen molar-refractivity contribution >= 4 is 30.2 Å². The van der Waals surface area contributed by atoms with Crippen LogP contribution in [0.4, 0.5) is 4.79 Å². The fourth-order valence-electron chi connectivity index (χ4n) is 3.26. The topological polar surface area (TPSA) is 182 Å². The molecule has 0 aromatic heterocycles. The Bertz CT molecular complexity index is 775. The first-order valence-corrected chi connectivity index (χ1v) is 9.56. The molecule has 2 aliphatic rings. The number of alkyl carbamates (subject to hydrolysis) is 1. The van der Waals surface area contributed by atoms with E-state index in [4.69, 9.17) is 20.5 Å². The Balaban J connectivity index is 2.17. The molecule has 2 saturated heterocycles. The Morgan fingerprint density at radius 1 is 1.48 bits per heavy atom. The van der Waals surface area contributed by atoms with Crippen molar-refractivity contribution in [2.45, 2.75) is 61.6 Å². The molecular weight excluding hydrogens is 404 g/mol. The van der Waals surface area contributed by atoms with Gasteiger partial charge in [0.1, 0.15) is 23.1 Å². The van der Waals surface area contributed by atoms with Gasteiger partial charge in [0.15, 0.2) is 0 Å². The zero-order chi connectivity index (χ0) is 21.8. The molecule has 158 valence electrons. The zero-order valence-electron chi connectivity index (χ0n) is 16.4. The fourth-order valence-corrected chi connectivity index (χ4v) is 4.99. The number of ether oxygens (including phenoxy) is 2. The zero-order valence-corrected chi connectivity index (χ0v) is 17.2. The Morgan fingerprint density at radius 2 is 2.17 bits per heavy atom. The van der Waals surface area contributed by atoms with E-state index in [2.05, 4.69) is 25.4 Å². The van der Waals surface area contributed by atoms with Crippen LogP contribution < -0.4 is 5.32 Å². The largest absolute Gasteiger partial charge is 0.464 e. The van der Waals surface area contributed by atoms with Gasteiger partial charge in [0, 0.05) is 21.1 Å². The molecule has 0 aromatic carbocycles. The first-order valence-electron chi connectivity index (χ1n) is 8.68. The van der Waals surface area contributed by atoms with Crippen molar-refractivity contribution in [3.8, 4) is 0 Å². The highest BCUT2D eigenvalue weighted by molar-refractivity contribution is 8.01. The standard InChI is InChI=1S/C15H22N8O5S/c1-14(2,3)28-13(26)19-9-11(25)23-6-15(4,29-12(9)23)10(20-22-17)8(27-7-24)5-18-21-16/h7-10,12H,5-6H2,1-4H3,(H,19,26)/t8?,9-,10?,12?,15?/m1/s1. The molecule has 2 aliphatic heterocycles. The van der Waals surface area contributed by atoms with Crippen LogP contribution in [0.5, 0.6) is 0 Å². The molecule has 4 unspecified atom stereocenters. The van der Waals surface area contributed by atoms with Gasteiger partial charge >= 0.3 is 6.09 Å². The van der Waals surface area contributed by atoms with E-state index < -0.39 is 40.0 Å². The van der Waals surface area contributed by atoms with Gasteiger partial charge in [-0.15, -0.1) is 11.8 Å². The van der Waals surface area contributed by atoms with E-state index >= 15 is 0 Å². The van der Waals surface area contributed by atoms with Gasteiger partial charge < -0.3 is 19.7 Å². The summed E-state index contributed by atoms with van der Waals surface area (Å²) in [6.45, 7) is 7.05. The molecule has 13 nitrogen and oxygen atoms in total. The lowest BCUT2D eigenvalue weighted by molar-refractivity contribution is -0.145. The van der Waals surface area contributed by atoms with Crippen LogP contribution in [-0.4, -0.2) is 70.4 Å². The van der Waals surface area contributed by atoms with Gasteiger partial charge in [0.05, 0.1) is 12.6 Å². The summed E-state index contributed by atoms with van der Waals surface area (Å²) in [4.78, 5) is 42.3. The second kappa shape index (κ2) is 8.68. The molecule has 29 heavy (non-hydrogen) atoms. The molecule has 0 bridgehead atoms. The van der Waals surface area contributed by atoms with Gasteiger partial charge in [0.25, 0.3) is 6.47 Å². The number of thioether (sulfide) groups is 1. The number of fused-ring (bicyclic) bond motifs is 1. The van der Waals surface area contributed by atoms with Gasteiger partial charge in [-0.05, 0) is 38.8 Å². The van der Waals surface area contributed by atoms with E-state index in [9.17, 15) is 14.4 Å². The predicted octanol–water partition coefficient (Wildman–Crippen LogP) is 2.08. The molecule has 1 N–H and O–H groups in total. The smallest absolute Gasteiger partial charge is 0.408 e. The molecular formula is C15H22N8O5S. The van der Waals surface area contributed by atoms with Crippen molar-refractivity contribution in [1.82, 2.24) is 10.2 Å². The van der Waals surface area contributed by atoms with Gasteiger partial charge in [-0.1, -0.05) is 10.2 Å². The van der Waals surface area contributed by atoms with Gasteiger partial charge in [0.2, 0.25) is 5.91 Å². The molecule has 2 heterocycles. The lowest BCUT2D eigenvalue weighted by Crippen LogP contribution is -2.67. The van der Waals surface area contributed by atoms with E-state index in [0.29, 0.717) is 0 Å². The van der Waals surface area contributed by atoms with Crippen LogP contribution in [0.25, 0.3) is 20.9 Å². The van der Waals surface area contributed by atoms with Crippen molar-refractivity contribution in [1.29, 1.82) is 0 Å². The van der Waals surface area contributed by atoms with Crippen LogP contribution in [0.1, 0.15) is 27.7 Å². The molecule has 2 amide bonds. The summed E-state index contributed by atoms with van der Waals surface area (Å²) in [7, 11) is 0. The molecule has 2 rings (SSSR count). The second-order valence-corrected chi connectivity index (χ2v) is 9.40. The second-order valence-electron chi connectivity index (χ2n) is 7.75. The molecule has 0 saturated carbocycles. The Morgan fingerprint density at radius 3 is 2.72 bits per heavy atom. The normalized spacial score (nSPS) is 27.3. The lowest BCUT2D eigenvalue weighted by atomic mass is 9.94. The monoisotopic (exact) mass is 426 g/mol. The number of β-lactam (4-membered cyclic amide) rings is 1. The minimum atomic E-state index is -0.997. The third-order valence-corrected chi connectivity index (χ3v) is 6.07. The summed E-state index contributed by atoms with van der Waals surface area (Å²) in [5.41, 5.74) is 16.8. The van der Waals surface area contributed by atoms with Crippen molar-refractivity contribution in [3.05, 3.63) is 20.9 Å². The Labute approximate surface area is 170 Å². The van der Waals surface area contributed by atoms with Crippen LogP contribution in [0.2, 0.25) is 0 Å². The van der Waals surface area contributed by atoms with Crippen LogP contribution in [0, 0.1) is 0 Å². The minimum absolute atomic E-state index is 0.188. The number of carbonyl (C=O) groups is 3. The molecule has 0 aromatic rings. The first-order chi connectivity index (χ1) is 13.6. The maximum atomic E-state index is 12.5. The highest BCUT2D eigenvalue weighted by Crippen LogP contribution is 2.50. The third-order valence-electron chi connectivity index (χ3n) is 4.40. The number of hydrogen-bond donors (Lipinski definition) is 1. The first kappa shape index (κ1) is 22.5. The number of carbonyl (C=O) groups excluding carboxylic acids is 3. The van der Waals surface area contributed by atoms with Crippen molar-refractivity contribution < 1.29 is 23.9 Å². The van der Waals surface area contributed by atoms with E-state index in [0.717, 1.165) is 0 Å². The maximum absolute atomic E-state index is 12.5. The molecule has 5 atom stereocenters. The SMILES string of the molecule is CC(C)(C)OC(=O)N[C@@H]1C(=O)N2CC(C)(C(N=[N+]=[N-])C(CN=[N+]=[N-])OC=O)SC12. The molecule has 2 fully saturated rings. The van der Waals surface area contributed by atoms with E-state index in [1.54, 1.807) is 27.7 Å². The fraction of sp³-hybridized carbons (Fsp3) is 0.800. The summed E-state index contributed by atoms with van der Waals surface area (Å²) >= 11 is 1.31. The quantitative estimate of drug-likeness (QED) is 0.204. The van der Waals surface area contributed by atoms with Crippen LogP contribution in [0.3, 0.4) is 0 Å². The highest BCUT2D eigenvalue weighted by atomic mass is 32.2. The molecule has 14 heteroatoms. The molecule has 0 radical (unpaired) electrons. The molecule has 0 spiro atoms. The predicted molar refractivity (Wildman–Crippen MR) is 103 cm³/mol. The Hall–Kier alpha value is -2.82. The third kappa shape index (κ3) is 4.97. The number of azide groups is 2. The number of rotatable bonds is 8. The average molecular weight is 426 g/mol. The molecule has 0 aliphatic carbocycles. The summed E-state index contributed by atoms with van der Waals surface area (Å²) in [5, 5.41) is 9.32. The Kier molecular flexibility index (Phi) is 6.73.